The molecule has 1 atom stereocenters. The molecule has 0 saturated carbocycles. The van der Waals surface area contributed by atoms with Gasteiger partial charge in [0.2, 0.25) is 0 Å². The summed E-state index contributed by atoms with van der Waals surface area (Å²) >= 11 is 0. The molecule has 0 aliphatic heterocycles. The molecule has 114 valence electrons. The summed E-state index contributed by atoms with van der Waals surface area (Å²) in [7, 11) is 0. The summed E-state index contributed by atoms with van der Waals surface area (Å²) in [4.78, 5) is 0. The van der Waals surface area contributed by atoms with Gasteiger partial charge < -0.3 is 14.8 Å². The van der Waals surface area contributed by atoms with E-state index < -0.39 is 0 Å². The fourth-order valence-electron chi connectivity index (χ4n) is 1.96. The molecule has 1 N–H and O–H groups in total. The lowest BCUT2D eigenvalue weighted by Crippen LogP contribution is -2.26. The molecule has 0 radical (unpaired) electrons. The van der Waals surface area contributed by atoms with Crippen LogP contribution in [0.2, 0.25) is 0 Å². The third kappa shape index (κ3) is 6.40. The van der Waals surface area contributed by atoms with Crippen LogP contribution in [0.5, 0.6) is 5.75 Å². The van der Waals surface area contributed by atoms with Crippen LogP contribution in [0.1, 0.15) is 51.6 Å². The number of unbranched alkanes of at least 4 members (excludes halogenated alkanes) is 1. The molecular weight excluding hydrogens is 250 g/mol. The second-order valence-electron chi connectivity index (χ2n) is 4.94. The Hall–Kier alpha value is -1.06. The Bertz CT molecular complexity index is 329. The van der Waals surface area contributed by atoms with Crippen LogP contribution in [-0.4, -0.2) is 26.4 Å². The molecule has 0 spiro atoms. The molecule has 0 heterocycles. The number of nitrogens with one attached hydrogen (secondary N) is 1. The molecule has 3 heteroatoms. The van der Waals surface area contributed by atoms with Gasteiger partial charge in [0, 0.05) is 6.61 Å². The summed E-state index contributed by atoms with van der Waals surface area (Å²) in [5, 5.41) is 3.53. The van der Waals surface area contributed by atoms with Gasteiger partial charge in [-0.25, -0.2) is 0 Å². The van der Waals surface area contributed by atoms with Crippen molar-refractivity contribution in [2.45, 2.75) is 46.1 Å². The standard InChI is InChI=1S/C17H29NO2/c1-4-7-13-20-16-10-8-15(9-11-16)17(14-19-6-3)18-12-5-2/h8-11,17-18H,4-7,12-14H2,1-3H3. The first kappa shape index (κ1) is 17.0. The Morgan fingerprint density at radius 2 is 1.80 bits per heavy atom. The van der Waals surface area contributed by atoms with E-state index in [1.807, 2.05) is 6.92 Å². The van der Waals surface area contributed by atoms with E-state index in [4.69, 9.17) is 9.47 Å². The van der Waals surface area contributed by atoms with E-state index in [0.29, 0.717) is 6.61 Å². The first-order chi connectivity index (χ1) is 9.81. The Balaban J connectivity index is 2.56. The lowest BCUT2D eigenvalue weighted by molar-refractivity contribution is 0.123. The number of hydrogen-bond donors (Lipinski definition) is 1. The Morgan fingerprint density at radius 3 is 2.40 bits per heavy atom. The zero-order valence-corrected chi connectivity index (χ0v) is 13.2. The zero-order valence-electron chi connectivity index (χ0n) is 13.2. The number of benzene rings is 1. The average Bonchev–Trinajstić information content (AvgIpc) is 2.49. The van der Waals surface area contributed by atoms with E-state index in [-0.39, 0.29) is 6.04 Å². The van der Waals surface area contributed by atoms with Crippen LogP contribution < -0.4 is 10.1 Å². The maximum absolute atomic E-state index is 5.69. The monoisotopic (exact) mass is 279 g/mol. The van der Waals surface area contributed by atoms with Gasteiger partial charge in [0.25, 0.3) is 0 Å². The number of rotatable bonds is 11. The highest BCUT2D eigenvalue weighted by Crippen LogP contribution is 2.18. The third-order valence-corrected chi connectivity index (χ3v) is 3.18. The molecule has 0 saturated heterocycles. The second-order valence-corrected chi connectivity index (χ2v) is 4.94. The van der Waals surface area contributed by atoms with Gasteiger partial charge in [-0.1, -0.05) is 32.4 Å². The van der Waals surface area contributed by atoms with Gasteiger partial charge in [0.15, 0.2) is 0 Å². The molecular formula is C17H29NO2. The van der Waals surface area contributed by atoms with Crippen molar-refractivity contribution in [1.29, 1.82) is 0 Å². The van der Waals surface area contributed by atoms with Crippen molar-refractivity contribution in [2.24, 2.45) is 0 Å². The van der Waals surface area contributed by atoms with Crippen LogP contribution in [-0.2, 0) is 4.74 Å². The van der Waals surface area contributed by atoms with E-state index in [2.05, 4.69) is 43.4 Å². The maximum Gasteiger partial charge on any atom is 0.119 e. The number of ether oxygens (including phenoxy) is 2. The molecule has 0 aromatic heterocycles. The van der Waals surface area contributed by atoms with Gasteiger partial charge in [-0.3, -0.25) is 0 Å². The van der Waals surface area contributed by atoms with Crippen LogP contribution in [0.4, 0.5) is 0 Å². The van der Waals surface area contributed by atoms with Gasteiger partial charge in [-0.05, 0) is 44.0 Å². The molecule has 1 aromatic carbocycles. The van der Waals surface area contributed by atoms with E-state index >= 15 is 0 Å². The smallest absolute Gasteiger partial charge is 0.119 e. The van der Waals surface area contributed by atoms with Gasteiger partial charge >= 0.3 is 0 Å². The fraction of sp³-hybridized carbons (Fsp3) is 0.647. The van der Waals surface area contributed by atoms with E-state index in [1.165, 1.54) is 5.56 Å². The van der Waals surface area contributed by atoms with Crippen molar-refractivity contribution in [3.8, 4) is 5.75 Å². The molecule has 20 heavy (non-hydrogen) atoms. The molecule has 0 aliphatic rings. The molecule has 0 amide bonds. The van der Waals surface area contributed by atoms with Gasteiger partial charge in [-0.15, -0.1) is 0 Å². The van der Waals surface area contributed by atoms with Crippen molar-refractivity contribution in [2.75, 3.05) is 26.4 Å². The van der Waals surface area contributed by atoms with Crippen molar-refractivity contribution in [1.82, 2.24) is 5.32 Å². The van der Waals surface area contributed by atoms with Crippen LogP contribution in [0.15, 0.2) is 24.3 Å². The summed E-state index contributed by atoms with van der Waals surface area (Å²) < 4.78 is 11.3. The van der Waals surface area contributed by atoms with Gasteiger partial charge in [0.05, 0.1) is 19.3 Å². The Labute approximate surface area is 123 Å². The van der Waals surface area contributed by atoms with Gasteiger partial charge in [0.1, 0.15) is 5.75 Å². The van der Waals surface area contributed by atoms with Crippen LogP contribution in [0, 0.1) is 0 Å². The average molecular weight is 279 g/mol. The van der Waals surface area contributed by atoms with E-state index in [9.17, 15) is 0 Å². The molecule has 3 nitrogen and oxygen atoms in total. The minimum atomic E-state index is 0.264. The summed E-state index contributed by atoms with van der Waals surface area (Å²) in [5.41, 5.74) is 1.26. The lowest BCUT2D eigenvalue weighted by Gasteiger charge is -2.19. The highest BCUT2D eigenvalue weighted by Gasteiger charge is 2.10. The quantitative estimate of drug-likeness (QED) is 0.622. The van der Waals surface area contributed by atoms with E-state index in [0.717, 1.165) is 44.8 Å². The van der Waals surface area contributed by atoms with Crippen LogP contribution >= 0.6 is 0 Å². The van der Waals surface area contributed by atoms with Crippen molar-refractivity contribution in [3.63, 3.8) is 0 Å². The van der Waals surface area contributed by atoms with Gasteiger partial charge in [-0.2, -0.15) is 0 Å². The summed E-state index contributed by atoms with van der Waals surface area (Å²) in [5.74, 6) is 0.952. The van der Waals surface area contributed by atoms with Crippen molar-refractivity contribution < 1.29 is 9.47 Å². The first-order valence-electron chi connectivity index (χ1n) is 7.85. The predicted molar refractivity (Wildman–Crippen MR) is 84.4 cm³/mol. The SMILES string of the molecule is CCCCOc1ccc(C(COCC)NCCC)cc1. The Morgan fingerprint density at radius 1 is 1.05 bits per heavy atom. The summed E-state index contributed by atoms with van der Waals surface area (Å²) in [6.45, 7) is 9.65. The minimum absolute atomic E-state index is 0.264. The second kappa shape index (κ2) is 10.7. The van der Waals surface area contributed by atoms with Crippen LogP contribution in [0.25, 0.3) is 0 Å². The molecule has 1 unspecified atom stereocenters. The summed E-state index contributed by atoms with van der Waals surface area (Å²) in [6, 6.07) is 8.63. The molecule has 0 aliphatic carbocycles. The highest BCUT2D eigenvalue weighted by atomic mass is 16.5. The minimum Gasteiger partial charge on any atom is -0.494 e. The lowest BCUT2D eigenvalue weighted by atomic mass is 10.1. The largest absolute Gasteiger partial charge is 0.494 e. The Kier molecular flexibility index (Phi) is 9.09. The normalized spacial score (nSPS) is 12.3. The first-order valence-corrected chi connectivity index (χ1v) is 7.85. The molecule has 1 aromatic rings. The van der Waals surface area contributed by atoms with E-state index in [1.54, 1.807) is 0 Å². The fourth-order valence-corrected chi connectivity index (χ4v) is 1.96. The zero-order chi connectivity index (χ0) is 14.6. The predicted octanol–water partition coefficient (Wildman–Crippen LogP) is 3.94. The molecule has 1 rings (SSSR count). The molecule has 0 fully saturated rings. The van der Waals surface area contributed by atoms with Crippen molar-refractivity contribution >= 4 is 0 Å². The third-order valence-electron chi connectivity index (χ3n) is 3.18. The maximum atomic E-state index is 5.69. The number of hydrogen-bond acceptors (Lipinski definition) is 3. The summed E-state index contributed by atoms with van der Waals surface area (Å²) in [6.07, 6.45) is 3.39. The van der Waals surface area contributed by atoms with Crippen LogP contribution in [0.3, 0.4) is 0 Å². The topological polar surface area (TPSA) is 30.5 Å². The molecule has 0 bridgehead atoms. The highest BCUT2D eigenvalue weighted by molar-refractivity contribution is 5.29. The van der Waals surface area contributed by atoms with Crippen molar-refractivity contribution in [3.05, 3.63) is 29.8 Å².